The van der Waals surface area contributed by atoms with E-state index in [1.54, 1.807) is 0 Å². The van der Waals surface area contributed by atoms with Crippen LogP contribution < -0.4 is 0 Å². The van der Waals surface area contributed by atoms with E-state index in [0.717, 1.165) is 50.3 Å². The number of aromatic nitrogens is 5. The normalized spacial score (nSPS) is 12.2. The van der Waals surface area contributed by atoms with E-state index in [1.165, 1.54) is 54.5 Å². The van der Waals surface area contributed by atoms with Gasteiger partial charge in [0, 0.05) is 32.6 Å². The molecular formula is C48H29N5. The predicted octanol–water partition coefficient (Wildman–Crippen LogP) is 12.1. The highest BCUT2D eigenvalue weighted by Gasteiger charge is 2.22. The third-order valence-corrected chi connectivity index (χ3v) is 11.0. The van der Waals surface area contributed by atoms with Gasteiger partial charge in [0.15, 0.2) is 0 Å². The molecule has 0 aliphatic heterocycles. The van der Waals surface area contributed by atoms with Crippen LogP contribution >= 0.6 is 0 Å². The molecule has 4 aromatic heterocycles. The molecule has 53 heavy (non-hydrogen) atoms. The Bertz CT molecular complexity index is 3460. The van der Waals surface area contributed by atoms with Crippen LogP contribution in [-0.4, -0.2) is 23.5 Å². The first kappa shape index (κ1) is 28.5. The number of imidazole rings is 1. The minimum absolute atomic E-state index is 0.825. The Morgan fingerprint density at radius 1 is 0.358 bits per heavy atom. The number of rotatable bonds is 3. The van der Waals surface area contributed by atoms with E-state index in [0.29, 0.717) is 0 Å². The second-order valence-corrected chi connectivity index (χ2v) is 13.9. The molecule has 5 nitrogen and oxygen atoms in total. The van der Waals surface area contributed by atoms with Gasteiger partial charge in [-0.05, 0) is 94.7 Å². The van der Waals surface area contributed by atoms with Crippen LogP contribution in [0.1, 0.15) is 0 Å². The first-order valence-corrected chi connectivity index (χ1v) is 18.0. The van der Waals surface area contributed by atoms with Gasteiger partial charge in [-0.2, -0.15) is 0 Å². The van der Waals surface area contributed by atoms with Crippen LogP contribution in [0.5, 0.6) is 0 Å². The molecule has 8 aromatic carbocycles. The number of hydrogen-bond acceptors (Lipinski definition) is 2. The molecule has 0 bridgehead atoms. The standard InChI is InChI=1S/C48H29N5/c1-2-13-33(14-3-1)51-41-20-10-7-16-35(41)37-28-31(23-25-42(37)51)32-24-26-43-38(29-32)46-34-15-5-4-12-30(34)22-27-45(46)52(43)48-50-39-18-8-6-17-36(39)47-49-40-19-9-11-21-44(40)53(47)48/h1-29H. The van der Waals surface area contributed by atoms with Crippen molar-refractivity contribution in [2.75, 3.05) is 0 Å². The van der Waals surface area contributed by atoms with Crippen LogP contribution in [-0.2, 0) is 0 Å². The predicted molar refractivity (Wildman–Crippen MR) is 220 cm³/mol. The van der Waals surface area contributed by atoms with E-state index >= 15 is 0 Å². The largest absolute Gasteiger partial charge is 0.309 e. The van der Waals surface area contributed by atoms with Crippen molar-refractivity contribution in [3.8, 4) is 22.8 Å². The third kappa shape index (κ3) is 3.96. The smallest absolute Gasteiger partial charge is 0.221 e. The maximum Gasteiger partial charge on any atom is 0.221 e. The van der Waals surface area contributed by atoms with Crippen LogP contribution in [0, 0.1) is 0 Å². The molecule has 4 heterocycles. The second-order valence-electron chi connectivity index (χ2n) is 13.9. The molecule has 0 aliphatic carbocycles. The molecule has 12 aromatic rings. The van der Waals surface area contributed by atoms with Gasteiger partial charge in [0.1, 0.15) is 5.65 Å². The molecule has 0 N–H and O–H groups in total. The van der Waals surface area contributed by atoms with Crippen molar-refractivity contribution in [1.82, 2.24) is 23.5 Å². The van der Waals surface area contributed by atoms with Crippen LogP contribution in [0.15, 0.2) is 176 Å². The molecule has 5 heteroatoms. The van der Waals surface area contributed by atoms with Crippen LogP contribution in [0.4, 0.5) is 0 Å². The summed E-state index contributed by atoms with van der Waals surface area (Å²) in [6.45, 7) is 0. The average Bonchev–Trinajstić information content (AvgIpc) is 3.89. The lowest BCUT2D eigenvalue weighted by atomic mass is 9.99. The Balaban J connectivity index is 1.17. The van der Waals surface area contributed by atoms with E-state index in [9.17, 15) is 0 Å². The lowest BCUT2D eigenvalue weighted by molar-refractivity contribution is 0.980. The number of nitrogens with zero attached hydrogens (tertiary/aromatic N) is 5. The SMILES string of the molecule is c1ccc(-n2c3ccccc3c3cc(-c4ccc5c(c4)c4c6ccccc6ccc4n5-c4nc5ccccc5c5nc6ccccc6n45)ccc32)cc1. The van der Waals surface area contributed by atoms with Crippen molar-refractivity contribution in [2.45, 2.75) is 0 Å². The fraction of sp³-hybridized carbons (Fsp3) is 0. The van der Waals surface area contributed by atoms with Crippen molar-refractivity contribution in [1.29, 1.82) is 0 Å². The number of fused-ring (bicyclic) bond motifs is 13. The minimum Gasteiger partial charge on any atom is -0.309 e. The summed E-state index contributed by atoms with van der Waals surface area (Å²) >= 11 is 0. The Hall–Kier alpha value is -7.24. The van der Waals surface area contributed by atoms with Gasteiger partial charge in [0.2, 0.25) is 5.95 Å². The summed E-state index contributed by atoms with van der Waals surface area (Å²) in [6.07, 6.45) is 0. The molecule has 0 atom stereocenters. The Morgan fingerprint density at radius 3 is 1.79 bits per heavy atom. The van der Waals surface area contributed by atoms with Crippen molar-refractivity contribution < 1.29 is 0 Å². The monoisotopic (exact) mass is 675 g/mol. The van der Waals surface area contributed by atoms with E-state index < -0.39 is 0 Å². The summed E-state index contributed by atoms with van der Waals surface area (Å²) in [5.41, 5.74) is 11.9. The summed E-state index contributed by atoms with van der Waals surface area (Å²) in [4.78, 5) is 10.6. The highest BCUT2D eigenvalue weighted by molar-refractivity contribution is 6.22. The van der Waals surface area contributed by atoms with Gasteiger partial charge in [-0.1, -0.05) is 103 Å². The van der Waals surface area contributed by atoms with Gasteiger partial charge >= 0.3 is 0 Å². The fourth-order valence-electron chi connectivity index (χ4n) is 8.67. The zero-order valence-electron chi connectivity index (χ0n) is 28.5. The summed E-state index contributed by atoms with van der Waals surface area (Å²) in [5.74, 6) is 0.825. The molecule has 0 unspecified atom stereocenters. The van der Waals surface area contributed by atoms with E-state index in [-0.39, 0.29) is 0 Å². The van der Waals surface area contributed by atoms with Gasteiger partial charge in [-0.3, -0.25) is 8.97 Å². The third-order valence-electron chi connectivity index (χ3n) is 11.0. The molecular weight excluding hydrogens is 647 g/mol. The van der Waals surface area contributed by atoms with E-state index in [4.69, 9.17) is 9.97 Å². The van der Waals surface area contributed by atoms with Gasteiger partial charge in [0.05, 0.1) is 38.6 Å². The lowest BCUT2D eigenvalue weighted by Crippen LogP contribution is -2.06. The van der Waals surface area contributed by atoms with Gasteiger partial charge in [-0.25, -0.2) is 9.97 Å². The number of hydrogen-bond donors (Lipinski definition) is 0. The molecule has 0 fully saturated rings. The van der Waals surface area contributed by atoms with Crippen molar-refractivity contribution >= 4 is 82.0 Å². The molecule has 0 aliphatic rings. The number of para-hydroxylation sites is 5. The zero-order valence-corrected chi connectivity index (χ0v) is 28.5. The zero-order chi connectivity index (χ0) is 34.6. The maximum atomic E-state index is 5.40. The van der Waals surface area contributed by atoms with Crippen molar-refractivity contribution in [2.24, 2.45) is 0 Å². The molecule has 0 saturated heterocycles. The lowest BCUT2D eigenvalue weighted by Gasteiger charge is -2.13. The molecule has 0 radical (unpaired) electrons. The topological polar surface area (TPSA) is 40.0 Å². The second kappa shape index (κ2) is 10.6. The Kier molecular flexibility index (Phi) is 5.71. The van der Waals surface area contributed by atoms with E-state index in [1.807, 2.05) is 0 Å². The molecule has 0 saturated carbocycles. The Labute approximate surface area is 303 Å². The quantitative estimate of drug-likeness (QED) is 0.187. The van der Waals surface area contributed by atoms with Crippen LogP contribution in [0.2, 0.25) is 0 Å². The summed E-state index contributed by atoms with van der Waals surface area (Å²) in [6, 6.07) is 63.0. The number of benzene rings is 8. The average molecular weight is 676 g/mol. The summed E-state index contributed by atoms with van der Waals surface area (Å²) < 4.78 is 6.94. The van der Waals surface area contributed by atoms with E-state index in [2.05, 4.69) is 189 Å². The fourth-order valence-corrected chi connectivity index (χ4v) is 8.67. The molecule has 246 valence electrons. The molecule has 12 rings (SSSR count). The highest BCUT2D eigenvalue weighted by Crippen LogP contribution is 2.41. The van der Waals surface area contributed by atoms with Crippen LogP contribution in [0.3, 0.4) is 0 Å². The molecule has 0 spiro atoms. The summed E-state index contributed by atoms with van der Waals surface area (Å²) in [5, 5.41) is 8.36. The summed E-state index contributed by atoms with van der Waals surface area (Å²) in [7, 11) is 0. The maximum absolute atomic E-state index is 5.40. The van der Waals surface area contributed by atoms with Gasteiger partial charge < -0.3 is 4.57 Å². The first-order valence-electron chi connectivity index (χ1n) is 18.0. The van der Waals surface area contributed by atoms with Gasteiger partial charge in [-0.15, -0.1) is 0 Å². The van der Waals surface area contributed by atoms with Crippen molar-refractivity contribution in [3.63, 3.8) is 0 Å². The molecule has 0 amide bonds. The first-order chi connectivity index (χ1) is 26.3. The minimum atomic E-state index is 0.825. The van der Waals surface area contributed by atoms with Gasteiger partial charge in [0.25, 0.3) is 0 Å². The van der Waals surface area contributed by atoms with Crippen LogP contribution in [0.25, 0.3) is 105 Å². The highest BCUT2D eigenvalue weighted by atomic mass is 15.2. The van der Waals surface area contributed by atoms with Crippen molar-refractivity contribution in [3.05, 3.63) is 176 Å². The Morgan fingerprint density at radius 2 is 0.962 bits per heavy atom.